The highest BCUT2D eigenvalue weighted by molar-refractivity contribution is 6.99. The minimum atomic E-state index is -0.131. The van der Waals surface area contributed by atoms with Gasteiger partial charge in [0, 0.05) is 44.7 Å². The lowest BCUT2D eigenvalue weighted by Crippen LogP contribution is -2.59. The summed E-state index contributed by atoms with van der Waals surface area (Å²) in [5.41, 5.74) is 17.3. The zero-order chi connectivity index (χ0) is 41.0. The third kappa shape index (κ3) is 5.53. The predicted molar refractivity (Wildman–Crippen MR) is 257 cm³/mol. The van der Waals surface area contributed by atoms with Gasteiger partial charge in [0.2, 0.25) is 0 Å². The molecule has 0 spiro atoms. The molecule has 2 aromatic heterocycles. The van der Waals surface area contributed by atoms with Crippen LogP contribution in [0.25, 0.3) is 60.6 Å². The van der Waals surface area contributed by atoms with Crippen LogP contribution in [0.3, 0.4) is 0 Å². The number of aromatic nitrogens is 1. The van der Waals surface area contributed by atoms with E-state index in [2.05, 4.69) is 201 Å². The number of anilines is 3. The normalized spacial score (nSPS) is 13.2. The minimum absolute atomic E-state index is 0.0533. The number of ether oxygens (including phenoxy) is 1. The van der Waals surface area contributed by atoms with E-state index in [4.69, 9.17) is 9.15 Å². The van der Waals surface area contributed by atoms with E-state index < -0.39 is 0 Å². The lowest BCUT2D eigenvalue weighted by Gasteiger charge is -2.42. The molecule has 0 unspecified atom stereocenters. The second kappa shape index (κ2) is 13.5. The number of fused-ring (bicyclic) bond motifs is 10. The fourth-order valence-corrected chi connectivity index (χ4v) is 10.2. The number of furan rings is 1. The van der Waals surface area contributed by atoms with Crippen LogP contribution in [-0.2, 0) is 11.8 Å². The molecular formula is C56H45BN2O2. The number of para-hydroxylation sites is 3. The van der Waals surface area contributed by atoms with Crippen LogP contribution in [0.15, 0.2) is 168 Å². The third-order valence-corrected chi connectivity index (χ3v) is 13.2. The average molecular weight is 789 g/mol. The maximum Gasteiger partial charge on any atom is 0.256 e. The number of aryl methyl sites for hydroxylation is 1. The Labute approximate surface area is 356 Å². The Morgan fingerprint density at radius 3 is 2.02 bits per heavy atom. The predicted octanol–water partition coefficient (Wildman–Crippen LogP) is 13.4. The first kappa shape index (κ1) is 35.9. The van der Waals surface area contributed by atoms with E-state index in [1.165, 1.54) is 77.5 Å². The molecule has 8 aromatic carbocycles. The number of hydrogen-bond acceptors (Lipinski definition) is 3. The van der Waals surface area contributed by atoms with E-state index in [1.54, 1.807) is 0 Å². The van der Waals surface area contributed by atoms with Crippen molar-refractivity contribution in [2.24, 2.45) is 0 Å². The molecule has 12 rings (SSSR count). The van der Waals surface area contributed by atoms with Gasteiger partial charge in [-0.1, -0.05) is 137 Å². The van der Waals surface area contributed by atoms with Crippen LogP contribution >= 0.6 is 0 Å². The van der Waals surface area contributed by atoms with Crippen molar-refractivity contribution in [1.82, 2.24) is 4.57 Å². The Kier molecular flexibility index (Phi) is 7.96. The molecular weight excluding hydrogens is 743 g/mol. The van der Waals surface area contributed by atoms with Crippen molar-refractivity contribution >= 4 is 83.9 Å². The van der Waals surface area contributed by atoms with Crippen LogP contribution in [0.2, 0.25) is 0 Å². The van der Waals surface area contributed by atoms with E-state index in [1.807, 2.05) is 0 Å². The van der Waals surface area contributed by atoms with Gasteiger partial charge in [-0.05, 0) is 111 Å². The van der Waals surface area contributed by atoms with E-state index in [-0.39, 0.29) is 12.1 Å². The highest BCUT2D eigenvalue weighted by Crippen LogP contribution is 2.47. The van der Waals surface area contributed by atoms with Gasteiger partial charge in [0.15, 0.2) is 0 Å². The lowest BCUT2D eigenvalue weighted by atomic mass is 9.34. The summed E-state index contributed by atoms with van der Waals surface area (Å²) in [5, 5.41) is 4.76. The van der Waals surface area contributed by atoms with E-state index in [9.17, 15) is 0 Å². The molecule has 0 radical (unpaired) electrons. The number of hydrogen-bond donors (Lipinski definition) is 0. The Hall–Kier alpha value is -6.98. The topological polar surface area (TPSA) is 30.5 Å². The second-order valence-electron chi connectivity index (χ2n) is 17.9. The second-order valence-corrected chi connectivity index (χ2v) is 17.9. The zero-order valence-corrected chi connectivity index (χ0v) is 35.0. The van der Waals surface area contributed by atoms with Gasteiger partial charge in [-0.3, -0.25) is 0 Å². The van der Waals surface area contributed by atoms with Gasteiger partial charge >= 0.3 is 0 Å². The average Bonchev–Trinajstić information content (AvgIpc) is 3.82. The first-order chi connectivity index (χ1) is 29.8. The summed E-state index contributed by atoms with van der Waals surface area (Å²) in [7, 11) is 0. The minimum Gasteiger partial charge on any atom is -0.458 e. The quantitative estimate of drug-likeness (QED) is 0.157. The summed E-state index contributed by atoms with van der Waals surface area (Å²) < 4.78 is 16.2. The summed E-state index contributed by atoms with van der Waals surface area (Å²) in [6.07, 6.45) is 3.13. The number of benzene rings is 8. The molecule has 0 atom stereocenters. The lowest BCUT2D eigenvalue weighted by molar-refractivity contribution is 0.483. The van der Waals surface area contributed by atoms with Crippen LogP contribution in [0.5, 0.6) is 11.5 Å². The molecule has 10 aromatic rings. The smallest absolute Gasteiger partial charge is 0.256 e. The first-order valence-electron chi connectivity index (χ1n) is 21.8. The summed E-state index contributed by atoms with van der Waals surface area (Å²) in [6.45, 7) is 9.14. The van der Waals surface area contributed by atoms with Crippen molar-refractivity contribution in [3.05, 3.63) is 175 Å². The molecule has 0 saturated carbocycles. The molecule has 4 heterocycles. The summed E-state index contributed by atoms with van der Waals surface area (Å²) >= 11 is 0. The molecule has 5 heteroatoms. The zero-order valence-electron chi connectivity index (χ0n) is 35.0. The molecule has 61 heavy (non-hydrogen) atoms. The molecule has 0 amide bonds. The van der Waals surface area contributed by atoms with Crippen molar-refractivity contribution in [3.63, 3.8) is 0 Å². The number of nitrogens with zero attached hydrogens (tertiary/aromatic N) is 2. The molecule has 0 saturated heterocycles. The van der Waals surface area contributed by atoms with Gasteiger partial charge in [0.1, 0.15) is 22.7 Å². The monoisotopic (exact) mass is 788 g/mol. The molecule has 2 aliphatic heterocycles. The molecule has 0 fully saturated rings. The molecule has 0 N–H and O–H groups in total. The fourth-order valence-electron chi connectivity index (χ4n) is 10.2. The Balaban J connectivity index is 1.14. The van der Waals surface area contributed by atoms with Gasteiger partial charge in [-0.15, -0.1) is 0 Å². The summed E-state index contributed by atoms with van der Waals surface area (Å²) in [4.78, 5) is 2.56. The van der Waals surface area contributed by atoms with Crippen molar-refractivity contribution < 1.29 is 9.15 Å². The van der Waals surface area contributed by atoms with Crippen LogP contribution in [0.1, 0.15) is 51.7 Å². The van der Waals surface area contributed by atoms with E-state index >= 15 is 0 Å². The molecule has 294 valence electrons. The van der Waals surface area contributed by atoms with Crippen LogP contribution < -0.4 is 26.0 Å². The highest BCUT2D eigenvalue weighted by Gasteiger charge is 2.43. The van der Waals surface area contributed by atoms with Gasteiger partial charge in [-0.25, -0.2) is 0 Å². The maximum absolute atomic E-state index is 7.29. The summed E-state index contributed by atoms with van der Waals surface area (Å²) in [6, 6.07) is 60.1. The number of rotatable bonds is 6. The van der Waals surface area contributed by atoms with Gasteiger partial charge < -0.3 is 18.6 Å². The van der Waals surface area contributed by atoms with Gasteiger partial charge in [-0.2, -0.15) is 0 Å². The highest BCUT2D eigenvalue weighted by atomic mass is 16.5. The maximum atomic E-state index is 7.29. The van der Waals surface area contributed by atoms with Crippen molar-refractivity contribution in [1.29, 1.82) is 0 Å². The summed E-state index contributed by atoms with van der Waals surface area (Å²) in [5.74, 6) is 1.82. The van der Waals surface area contributed by atoms with Crippen molar-refractivity contribution in [3.8, 4) is 28.3 Å². The van der Waals surface area contributed by atoms with Crippen molar-refractivity contribution in [2.75, 3.05) is 4.90 Å². The molecule has 2 aliphatic rings. The fraction of sp³-hybridized carbons (Fsp3) is 0.143. The van der Waals surface area contributed by atoms with Crippen molar-refractivity contribution in [2.45, 2.75) is 52.4 Å². The van der Waals surface area contributed by atoms with E-state index in [0.717, 1.165) is 58.4 Å². The third-order valence-electron chi connectivity index (χ3n) is 13.2. The SMILES string of the molecule is CCCCc1cc2oc3ccccc3c2cc1N1c2ccc(-c3ccccc3)cc2B2c3ccc(-n4c5ccccc5c5ccccc54)cc3Oc3cc(C(C)(C)C)cc1c32. The number of unbranched alkanes of at least 4 members (excludes halogenated alkanes) is 1. The Morgan fingerprint density at radius 2 is 1.26 bits per heavy atom. The standard InChI is InChI=1S/C56H45BN2O2/c1-5-6-16-37-30-52-43(42-21-12-15-24-51(42)60-52)34-49(37)59-48-28-25-36(35-17-8-7-9-18-35)29-45(48)57-44-27-26-39(58-46-22-13-10-19-40(46)41-20-11-14-23-47(41)58)33-53(44)61-54-32-38(56(2,3)4)31-50(59)55(54)57/h7-15,17-34H,5-6,16H2,1-4H3. The molecule has 0 aliphatic carbocycles. The van der Waals surface area contributed by atoms with Crippen LogP contribution in [0, 0.1) is 0 Å². The Morgan fingerprint density at radius 1 is 0.541 bits per heavy atom. The Bertz CT molecular complexity index is 3330. The first-order valence-corrected chi connectivity index (χ1v) is 21.8. The molecule has 0 bridgehead atoms. The van der Waals surface area contributed by atoms with Crippen LogP contribution in [0.4, 0.5) is 17.1 Å². The van der Waals surface area contributed by atoms with Crippen LogP contribution in [-0.4, -0.2) is 11.3 Å². The largest absolute Gasteiger partial charge is 0.458 e. The van der Waals surface area contributed by atoms with Gasteiger partial charge in [0.25, 0.3) is 6.71 Å². The van der Waals surface area contributed by atoms with E-state index in [0.29, 0.717) is 0 Å². The molecule has 4 nitrogen and oxygen atoms in total. The van der Waals surface area contributed by atoms with Gasteiger partial charge in [0.05, 0.1) is 16.7 Å².